The van der Waals surface area contributed by atoms with Crippen molar-refractivity contribution in [3.63, 3.8) is 0 Å². The summed E-state index contributed by atoms with van der Waals surface area (Å²) in [7, 11) is 0. The summed E-state index contributed by atoms with van der Waals surface area (Å²) in [6, 6.07) is 7.35. The van der Waals surface area contributed by atoms with Gasteiger partial charge in [0.25, 0.3) is 0 Å². The van der Waals surface area contributed by atoms with Crippen molar-refractivity contribution >= 4 is 17.0 Å². The molecule has 2 aromatic rings. The van der Waals surface area contributed by atoms with Gasteiger partial charge in [-0.15, -0.1) is 0 Å². The number of aliphatic hydroxyl groups excluding tert-OH is 1. The molecule has 0 radical (unpaired) electrons. The van der Waals surface area contributed by atoms with E-state index in [1.165, 1.54) is 4.90 Å². The lowest BCUT2D eigenvalue weighted by atomic mass is 9.97. The summed E-state index contributed by atoms with van der Waals surface area (Å²) in [5.74, 6) is 0. The van der Waals surface area contributed by atoms with E-state index < -0.39 is 18.2 Å². The molecule has 1 aromatic carbocycles. The number of aliphatic hydroxyl groups is 1. The van der Waals surface area contributed by atoms with Crippen molar-refractivity contribution < 1.29 is 15.0 Å². The number of aromatic nitrogens is 1. The van der Waals surface area contributed by atoms with E-state index in [-0.39, 0.29) is 0 Å². The fraction of sp³-hybridized carbons (Fsp3) is 0.412. The molecule has 1 aliphatic heterocycles. The first-order valence-corrected chi connectivity index (χ1v) is 7.53. The number of hydrogen-bond acceptors (Lipinski definition) is 3. The summed E-state index contributed by atoms with van der Waals surface area (Å²) < 4.78 is 0. The summed E-state index contributed by atoms with van der Waals surface area (Å²) in [4.78, 5) is 17.3. The minimum atomic E-state index is -0.971. The number of rotatable bonds is 2. The number of carbonyl (C=O) groups is 1. The molecule has 5 nitrogen and oxygen atoms in total. The summed E-state index contributed by atoms with van der Waals surface area (Å²) in [5.41, 5.74) is 3.50. The molecule has 2 N–H and O–H groups in total. The van der Waals surface area contributed by atoms with Crippen LogP contribution < -0.4 is 0 Å². The van der Waals surface area contributed by atoms with Gasteiger partial charge in [-0.3, -0.25) is 4.98 Å². The zero-order valence-electron chi connectivity index (χ0n) is 12.8. The van der Waals surface area contributed by atoms with Gasteiger partial charge in [0.05, 0.1) is 11.6 Å². The van der Waals surface area contributed by atoms with Crippen LogP contribution >= 0.6 is 0 Å². The summed E-state index contributed by atoms with van der Waals surface area (Å²) in [5, 5.41) is 21.0. The Morgan fingerprint density at radius 1 is 1.41 bits per heavy atom. The fourth-order valence-corrected chi connectivity index (χ4v) is 3.22. The van der Waals surface area contributed by atoms with Gasteiger partial charge in [-0.25, -0.2) is 4.79 Å². The molecule has 2 atom stereocenters. The molecular weight excluding hydrogens is 280 g/mol. The molecule has 0 saturated carbocycles. The standard InChI is InChI=1S/C17H20N2O3/c1-10-9-12-5-3-6-13(15(12)18-11(10)2)16(20)14-7-4-8-19(14)17(21)22/h3,5-6,9,14,16,20H,4,7-8H2,1-2H3,(H,21,22)/t14-,16+/m0/s1. The second-order valence-electron chi connectivity index (χ2n) is 5.94. The molecule has 5 heteroatoms. The number of benzene rings is 1. The fourth-order valence-electron chi connectivity index (χ4n) is 3.22. The van der Waals surface area contributed by atoms with Gasteiger partial charge >= 0.3 is 6.09 Å². The van der Waals surface area contributed by atoms with Crippen LogP contribution in [0.4, 0.5) is 4.79 Å². The van der Waals surface area contributed by atoms with Crippen molar-refractivity contribution in [3.8, 4) is 0 Å². The van der Waals surface area contributed by atoms with E-state index in [0.29, 0.717) is 18.5 Å². The molecule has 1 saturated heterocycles. The van der Waals surface area contributed by atoms with Crippen molar-refractivity contribution in [2.24, 2.45) is 0 Å². The third-order valence-electron chi connectivity index (χ3n) is 4.55. The van der Waals surface area contributed by atoms with Gasteiger partial charge in [-0.1, -0.05) is 18.2 Å². The van der Waals surface area contributed by atoms with Gasteiger partial charge in [0.15, 0.2) is 0 Å². The number of para-hydroxylation sites is 1. The molecule has 1 fully saturated rings. The maximum absolute atomic E-state index is 11.3. The first-order valence-electron chi connectivity index (χ1n) is 7.53. The highest BCUT2D eigenvalue weighted by molar-refractivity contribution is 5.83. The van der Waals surface area contributed by atoms with Crippen LogP contribution in [0.5, 0.6) is 0 Å². The molecule has 0 unspecified atom stereocenters. The van der Waals surface area contributed by atoms with Crippen LogP contribution in [0.1, 0.15) is 35.8 Å². The Labute approximate surface area is 129 Å². The van der Waals surface area contributed by atoms with E-state index in [1.807, 2.05) is 32.0 Å². The Morgan fingerprint density at radius 2 is 2.18 bits per heavy atom. The van der Waals surface area contributed by atoms with E-state index in [2.05, 4.69) is 11.1 Å². The average molecular weight is 300 g/mol. The number of aryl methyl sites for hydroxylation is 2. The maximum Gasteiger partial charge on any atom is 0.407 e. The molecule has 0 aliphatic carbocycles. The van der Waals surface area contributed by atoms with E-state index in [1.54, 1.807) is 0 Å². The highest BCUT2D eigenvalue weighted by atomic mass is 16.4. The van der Waals surface area contributed by atoms with Crippen LogP contribution in [-0.4, -0.2) is 38.8 Å². The number of fused-ring (bicyclic) bond motifs is 1. The summed E-state index contributed by atoms with van der Waals surface area (Å²) >= 11 is 0. The number of nitrogens with zero attached hydrogens (tertiary/aromatic N) is 2. The third kappa shape index (κ3) is 2.41. The van der Waals surface area contributed by atoms with E-state index in [4.69, 9.17) is 0 Å². The average Bonchev–Trinajstić information content (AvgIpc) is 2.97. The van der Waals surface area contributed by atoms with Gasteiger partial charge in [0.2, 0.25) is 0 Å². The molecule has 0 spiro atoms. The largest absolute Gasteiger partial charge is 0.465 e. The van der Waals surface area contributed by atoms with Crippen LogP contribution in [0.2, 0.25) is 0 Å². The van der Waals surface area contributed by atoms with Crippen LogP contribution in [0.25, 0.3) is 10.9 Å². The Morgan fingerprint density at radius 3 is 2.91 bits per heavy atom. The Bertz CT molecular complexity index is 729. The zero-order chi connectivity index (χ0) is 15.9. The Kier molecular flexibility index (Phi) is 3.74. The Balaban J connectivity index is 2.06. The molecule has 0 bridgehead atoms. The maximum atomic E-state index is 11.3. The SMILES string of the molecule is Cc1cc2cccc([C@@H](O)[C@@H]3CCCN3C(=O)O)c2nc1C. The number of hydrogen-bond donors (Lipinski definition) is 2. The molecule has 1 aliphatic rings. The first kappa shape index (κ1) is 14.8. The molecule has 2 heterocycles. The molecule has 1 aromatic heterocycles. The first-order chi connectivity index (χ1) is 10.5. The topological polar surface area (TPSA) is 73.7 Å². The third-order valence-corrected chi connectivity index (χ3v) is 4.55. The monoisotopic (exact) mass is 300 g/mol. The molecule has 3 rings (SSSR count). The smallest absolute Gasteiger partial charge is 0.407 e. The number of amides is 1. The lowest BCUT2D eigenvalue weighted by molar-refractivity contribution is 0.0684. The molecule has 1 amide bonds. The predicted molar refractivity (Wildman–Crippen MR) is 83.9 cm³/mol. The number of likely N-dealkylation sites (tertiary alicyclic amines) is 1. The lowest BCUT2D eigenvalue weighted by Gasteiger charge is -2.27. The van der Waals surface area contributed by atoms with Crippen molar-refractivity contribution in [2.75, 3.05) is 6.54 Å². The quantitative estimate of drug-likeness (QED) is 0.894. The van der Waals surface area contributed by atoms with Crippen LogP contribution in [0, 0.1) is 13.8 Å². The number of pyridine rings is 1. The summed E-state index contributed by atoms with van der Waals surface area (Å²) in [6.07, 6.45) is -0.363. The zero-order valence-corrected chi connectivity index (χ0v) is 12.8. The van der Waals surface area contributed by atoms with Gasteiger partial charge in [-0.2, -0.15) is 0 Å². The van der Waals surface area contributed by atoms with E-state index in [0.717, 1.165) is 28.6 Å². The second-order valence-corrected chi connectivity index (χ2v) is 5.94. The van der Waals surface area contributed by atoms with Gasteiger partial charge in [-0.05, 0) is 38.3 Å². The number of carboxylic acid groups (broad SMARTS) is 1. The van der Waals surface area contributed by atoms with Crippen molar-refractivity contribution in [2.45, 2.75) is 38.8 Å². The van der Waals surface area contributed by atoms with Crippen LogP contribution in [-0.2, 0) is 0 Å². The molecular formula is C17H20N2O3. The molecule has 116 valence electrons. The highest BCUT2D eigenvalue weighted by Crippen LogP contribution is 2.33. The lowest BCUT2D eigenvalue weighted by Crippen LogP contribution is -2.38. The van der Waals surface area contributed by atoms with E-state index >= 15 is 0 Å². The normalized spacial score (nSPS) is 19.6. The van der Waals surface area contributed by atoms with Crippen LogP contribution in [0.15, 0.2) is 24.3 Å². The van der Waals surface area contributed by atoms with Gasteiger partial charge in [0.1, 0.15) is 6.10 Å². The predicted octanol–water partition coefficient (Wildman–Crippen LogP) is 3.03. The highest BCUT2D eigenvalue weighted by Gasteiger charge is 2.35. The van der Waals surface area contributed by atoms with E-state index in [9.17, 15) is 15.0 Å². The van der Waals surface area contributed by atoms with Gasteiger partial charge < -0.3 is 15.1 Å². The Hall–Kier alpha value is -2.14. The van der Waals surface area contributed by atoms with Crippen molar-refractivity contribution in [3.05, 3.63) is 41.1 Å². The summed E-state index contributed by atoms with van der Waals surface area (Å²) in [6.45, 7) is 4.43. The van der Waals surface area contributed by atoms with Crippen molar-refractivity contribution in [1.29, 1.82) is 0 Å². The minimum absolute atomic E-state index is 0.397. The molecule has 22 heavy (non-hydrogen) atoms. The second kappa shape index (κ2) is 5.57. The van der Waals surface area contributed by atoms with Crippen LogP contribution in [0.3, 0.4) is 0 Å². The van der Waals surface area contributed by atoms with Crippen molar-refractivity contribution in [1.82, 2.24) is 9.88 Å². The van der Waals surface area contributed by atoms with Gasteiger partial charge in [0, 0.05) is 23.2 Å². The minimum Gasteiger partial charge on any atom is -0.465 e.